The number of thiocarbonyl (C=S) groups is 1. The van der Waals surface area contributed by atoms with Crippen LogP contribution in [0.25, 0.3) is 0 Å². The van der Waals surface area contributed by atoms with Gasteiger partial charge in [0.25, 0.3) is 0 Å². The van der Waals surface area contributed by atoms with Crippen molar-refractivity contribution >= 4 is 23.1 Å². The van der Waals surface area contributed by atoms with Crippen molar-refractivity contribution < 1.29 is 9.53 Å². The monoisotopic (exact) mass is 247 g/mol. The molecule has 6 heteroatoms. The van der Waals surface area contributed by atoms with Crippen LogP contribution in [0.15, 0.2) is 0 Å². The normalized spacial score (nSPS) is 12.5. The lowest BCUT2D eigenvalue weighted by molar-refractivity contribution is -0.125. The van der Waals surface area contributed by atoms with Gasteiger partial charge in [0.15, 0.2) is 0 Å². The van der Waals surface area contributed by atoms with E-state index in [1.165, 1.54) is 0 Å². The number of methoxy groups -OCH3 is 1. The molecule has 0 heterocycles. The molecule has 1 amide bonds. The lowest BCUT2D eigenvalue weighted by atomic mass is 10.2. The van der Waals surface area contributed by atoms with Gasteiger partial charge in [-0.25, -0.2) is 0 Å². The highest BCUT2D eigenvalue weighted by molar-refractivity contribution is 7.80. The number of carbonyl (C=O) groups is 1. The Morgan fingerprint density at radius 1 is 1.62 bits per heavy atom. The summed E-state index contributed by atoms with van der Waals surface area (Å²) in [6, 6.07) is -0.189. The van der Waals surface area contributed by atoms with Crippen LogP contribution in [0.1, 0.15) is 13.3 Å². The van der Waals surface area contributed by atoms with Gasteiger partial charge in [-0.3, -0.25) is 9.69 Å². The van der Waals surface area contributed by atoms with Gasteiger partial charge in [0.05, 0.1) is 17.6 Å². The van der Waals surface area contributed by atoms with E-state index in [4.69, 9.17) is 22.7 Å². The summed E-state index contributed by atoms with van der Waals surface area (Å²) in [7, 11) is 3.47. The molecular formula is C10H21N3O2S. The number of rotatable bonds is 8. The molecule has 1 atom stereocenters. The van der Waals surface area contributed by atoms with Crippen LogP contribution < -0.4 is 11.1 Å². The van der Waals surface area contributed by atoms with E-state index in [-0.39, 0.29) is 11.9 Å². The fourth-order valence-electron chi connectivity index (χ4n) is 1.10. The summed E-state index contributed by atoms with van der Waals surface area (Å²) in [5.41, 5.74) is 5.40. The van der Waals surface area contributed by atoms with Crippen molar-refractivity contribution in [1.82, 2.24) is 10.2 Å². The number of nitrogens with zero attached hydrogens (tertiary/aromatic N) is 1. The largest absolute Gasteiger partial charge is 0.393 e. The Bertz CT molecular complexity index is 236. The molecule has 94 valence electrons. The highest BCUT2D eigenvalue weighted by Crippen LogP contribution is 1.97. The maximum absolute atomic E-state index is 11.6. The van der Waals surface area contributed by atoms with Gasteiger partial charge in [-0.1, -0.05) is 12.2 Å². The van der Waals surface area contributed by atoms with E-state index in [1.807, 2.05) is 18.9 Å². The van der Waals surface area contributed by atoms with Crippen molar-refractivity contribution in [1.29, 1.82) is 0 Å². The van der Waals surface area contributed by atoms with Crippen LogP contribution in [-0.2, 0) is 9.53 Å². The Morgan fingerprint density at radius 3 is 2.75 bits per heavy atom. The van der Waals surface area contributed by atoms with Crippen molar-refractivity contribution in [3.05, 3.63) is 0 Å². The Kier molecular flexibility index (Phi) is 8.05. The Hall–Kier alpha value is -0.720. The van der Waals surface area contributed by atoms with E-state index >= 15 is 0 Å². The van der Waals surface area contributed by atoms with Gasteiger partial charge in [0.2, 0.25) is 5.91 Å². The van der Waals surface area contributed by atoms with Gasteiger partial charge in [0, 0.05) is 26.6 Å². The van der Waals surface area contributed by atoms with Crippen molar-refractivity contribution in [2.45, 2.75) is 19.4 Å². The predicted octanol–water partition coefficient (Wildman–Crippen LogP) is -0.254. The van der Waals surface area contributed by atoms with Crippen LogP contribution in [0.5, 0.6) is 0 Å². The molecule has 0 aromatic heterocycles. The van der Waals surface area contributed by atoms with E-state index in [2.05, 4.69) is 5.32 Å². The quantitative estimate of drug-likeness (QED) is 0.457. The average molecular weight is 247 g/mol. The van der Waals surface area contributed by atoms with Crippen molar-refractivity contribution in [2.75, 3.05) is 33.9 Å². The molecule has 0 aromatic rings. The van der Waals surface area contributed by atoms with E-state index in [0.29, 0.717) is 31.1 Å². The molecule has 16 heavy (non-hydrogen) atoms. The molecule has 0 bridgehead atoms. The highest BCUT2D eigenvalue weighted by atomic mass is 32.1. The van der Waals surface area contributed by atoms with Crippen LogP contribution in [0.3, 0.4) is 0 Å². The van der Waals surface area contributed by atoms with E-state index in [9.17, 15) is 4.79 Å². The van der Waals surface area contributed by atoms with Crippen LogP contribution in [-0.4, -0.2) is 55.7 Å². The summed E-state index contributed by atoms with van der Waals surface area (Å²) in [5.74, 6) is -0.0116. The van der Waals surface area contributed by atoms with Crippen LogP contribution in [0, 0.1) is 0 Å². The molecule has 3 N–H and O–H groups in total. The summed E-state index contributed by atoms with van der Waals surface area (Å²) in [6.45, 7) is 3.59. The average Bonchev–Trinajstić information content (AvgIpc) is 2.24. The smallest absolute Gasteiger partial charge is 0.237 e. The number of ether oxygens (including phenoxy) is 1. The number of nitrogens with two attached hydrogens (primary N) is 1. The molecule has 0 aliphatic heterocycles. The molecule has 5 nitrogen and oxygen atoms in total. The first-order valence-corrected chi connectivity index (χ1v) is 5.65. The highest BCUT2D eigenvalue weighted by Gasteiger charge is 2.16. The molecule has 0 saturated carbocycles. The van der Waals surface area contributed by atoms with Gasteiger partial charge in [-0.2, -0.15) is 0 Å². The second kappa shape index (κ2) is 8.43. The number of hydrogen-bond donors (Lipinski definition) is 2. The summed E-state index contributed by atoms with van der Waals surface area (Å²) >= 11 is 4.79. The summed E-state index contributed by atoms with van der Waals surface area (Å²) in [4.78, 5) is 14.0. The van der Waals surface area contributed by atoms with Gasteiger partial charge in [-0.15, -0.1) is 0 Å². The van der Waals surface area contributed by atoms with E-state index < -0.39 is 0 Å². The topological polar surface area (TPSA) is 67.6 Å². The molecule has 0 fully saturated rings. The Labute approximate surface area is 102 Å². The minimum atomic E-state index is -0.189. The fraction of sp³-hybridized carbons (Fsp3) is 0.800. The van der Waals surface area contributed by atoms with E-state index in [0.717, 1.165) is 0 Å². The van der Waals surface area contributed by atoms with E-state index in [1.54, 1.807) is 7.11 Å². The molecule has 0 aliphatic carbocycles. The lowest BCUT2D eigenvalue weighted by Gasteiger charge is -2.23. The second-order valence-electron chi connectivity index (χ2n) is 3.66. The van der Waals surface area contributed by atoms with Crippen LogP contribution >= 0.6 is 12.2 Å². The molecule has 0 aromatic carbocycles. The molecule has 0 aliphatic rings. The SMILES string of the molecule is COCCNC(=O)C(C)N(C)CCC(N)=S. The zero-order valence-corrected chi connectivity index (χ0v) is 11.0. The number of nitrogens with one attached hydrogen (secondary N) is 1. The first kappa shape index (κ1) is 15.3. The second-order valence-corrected chi connectivity index (χ2v) is 4.18. The third-order valence-electron chi connectivity index (χ3n) is 2.36. The third-order valence-corrected chi connectivity index (χ3v) is 2.56. The first-order chi connectivity index (χ1) is 7.49. The first-order valence-electron chi connectivity index (χ1n) is 5.24. The minimum Gasteiger partial charge on any atom is -0.393 e. The molecule has 1 unspecified atom stereocenters. The van der Waals surface area contributed by atoms with Gasteiger partial charge in [0.1, 0.15) is 0 Å². The zero-order valence-electron chi connectivity index (χ0n) is 10.2. The number of amides is 1. The van der Waals surface area contributed by atoms with Crippen molar-refractivity contribution in [3.8, 4) is 0 Å². The predicted molar refractivity (Wildman–Crippen MR) is 68.4 cm³/mol. The number of likely N-dealkylation sites (N-methyl/N-ethyl adjacent to an activating group) is 1. The third kappa shape index (κ3) is 6.71. The summed E-state index contributed by atoms with van der Waals surface area (Å²) in [6.07, 6.45) is 0.627. The van der Waals surface area contributed by atoms with Crippen LogP contribution in [0.2, 0.25) is 0 Å². The maximum Gasteiger partial charge on any atom is 0.237 e. The zero-order chi connectivity index (χ0) is 12.6. The van der Waals surface area contributed by atoms with Crippen LogP contribution in [0.4, 0.5) is 0 Å². The number of hydrogen-bond acceptors (Lipinski definition) is 4. The summed E-state index contributed by atoms with van der Waals surface area (Å²) < 4.78 is 4.85. The molecule has 0 saturated heterocycles. The van der Waals surface area contributed by atoms with Crippen molar-refractivity contribution in [2.24, 2.45) is 5.73 Å². The maximum atomic E-state index is 11.6. The Morgan fingerprint density at radius 2 is 2.25 bits per heavy atom. The Balaban J connectivity index is 3.86. The van der Waals surface area contributed by atoms with Gasteiger partial charge < -0.3 is 15.8 Å². The standard InChI is InChI=1S/C10H21N3O2S/c1-8(10(14)12-5-7-15-3)13(2)6-4-9(11)16/h8H,4-7H2,1-3H3,(H2,11,16)(H,12,14). The molecule has 0 rings (SSSR count). The molecular weight excluding hydrogens is 226 g/mol. The fourth-order valence-corrected chi connectivity index (χ4v) is 1.20. The molecule has 0 spiro atoms. The van der Waals surface area contributed by atoms with Gasteiger partial charge in [-0.05, 0) is 14.0 Å². The minimum absolute atomic E-state index is 0.0116. The lowest BCUT2D eigenvalue weighted by Crippen LogP contribution is -2.44. The summed E-state index contributed by atoms with van der Waals surface area (Å²) in [5, 5.41) is 2.78. The van der Waals surface area contributed by atoms with Crippen molar-refractivity contribution in [3.63, 3.8) is 0 Å². The molecule has 0 radical (unpaired) electrons. The van der Waals surface area contributed by atoms with Gasteiger partial charge >= 0.3 is 0 Å². The number of carbonyl (C=O) groups excluding carboxylic acids is 1.